The number of aryl methyl sites for hydroxylation is 1. The summed E-state index contributed by atoms with van der Waals surface area (Å²) >= 11 is 0. The van der Waals surface area contributed by atoms with Crippen molar-refractivity contribution in [2.75, 3.05) is 0 Å². The van der Waals surface area contributed by atoms with Gasteiger partial charge in [0.2, 0.25) is 0 Å². The number of halogens is 2. The van der Waals surface area contributed by atoms with E-state index in [1.807, 2.05) is 13.0 Å². The zero-order valence-corrected chi connectivity index (χ0v) is 10.3. The minimum Gasteiger partial charge on any atom is -0.324 e. The van der Waals surface area contributed by atoms with Gasteiger partial charge in [0.15, 0.2) is 0 Å². The Balaban J connectivity index is 0.00000196. The van der Waals surface area contributed by atoms with Gasteiger partial charge in [0, 0.05) is 11.6 Å². The molecule has 0 heterocycles. The smallest absolute Gasteiger partial charge is 0.128 e. The second kappa shape index (κ2) is 6.09. The van der Waals surface area contributed by atoms with E-state index in [0.29, 0.717) is 11.5 Å². The molecule has 0 aromatic heterocycles. The molecular weight excluding hydrogens is 213 g/mol. The van der Waals surface area contributed by atoms with Crippen molar-refractivity contribution in [3.8, 4) is 0 Å². The van der Waals surface area contributed by atoms with Crippen LogP contribution in [-0.4, -0.2) is 0 Å². The Labute approximate surface area is 97.3 Å². The zero-order valence-electron chi connectivity index (χ0n) is 9.46. The molecule has 1 aromatic carbocycles. The van der Waals surface area contributed by atoms with Crippen molar-refractivity contribution in [3.63, 3.8) is 0 Å². The normalized spacial score (nSPS) is 12.4. The lowest BCUT2D eigenvalue weighted by molar-refractivity contribution is 0.488. The molecule has 0 aliphatic carbocycles. The lowest BCUT2D eigenvalue weighted by Crippen LogP contribution is -2.14. The highest BCUT2D eigenvalue weighted by Crippen LogP contribution is 2.21. The number of nitrogens with two attached hydrogens (primary N) is 1. The average Bonchev–Trinajstić information content (AvgIpc) is 2.01. The maximum absolute atomic E-state index is 13.5. The van der Waals surface area contributed by atoms with E-state index in [1.54, 1.807) is 6.07 Å². The molecule has 0 fully saturated rings. The minimum absolute atomic E-state index is 0. The van der Waals surface area contributed by atoms with Gasteiger partial charge in [0.1, 0.15) is 5.82 Å². The van der Waals surface area contributed by atoms with Crippen LogP contribution in [0, 0.1) is 18.7 Å². The first-order valence-electron chi connectivity index (χ1n) is 5.02. The van der Waals surface area contributed by atoms with Gasteiger partial charge in [-0.25, -0.2) is 4.39 Å². The summed E-state index contributed by atoms with van der Waals surface area (Å²) in [6.45, 7) is 6.05. The molecule has 3 heteroatoms. The fourth-order valence-corrected chi connectivity index (χ4v) is 1.57. The first-order chi connectivity index (χ1) is 6.50. The first kappa shape index (κ1) is 14.4. The molecule has 1 rings (SSSR count). The van der Waals surface area contributed by atoms with Crippen LogP contribution in [0.1, 0.15) is 37.4 Å². The monoisotopic (exact) mass is 231 g/mol. The first-order valence-corrected chi connectivity index (χ1v) is 5.02. The van der Waals surface area contributed by atoms with E-state index in [0.717, 1.165) is 12.0 Å². The van der Waals surface area contributed by atoms with Crippen LogP contribution in [0.25, 0.3) is 0 Å². The quantitative estimate of drug-likeness (QED) is 0.845. The third kappa shape index (κ3) is 4.18. The van der Waals surface area contributed by atoms with Crippen LogP contribution >= 0.6 is 12.4 Å². The molecule has 0 saturated heterocycles. The van der Waals surface area contributed by atoms with E-state index in [1.165, 1.54) is 6.07 Å². The van der Waals surface area contributed by atoms with Crippen molar-refractivity contribution in [1.29, 1.82) is 0 Å². The molecule has 2 N–H and O–H groups in total. The van der Waals surface area contributed by atoms with Gasteiger partial charge in [-0.05, 0) is 30.9 Å². The Morgan fingerprint density at radius 1 is 1.33 bits per heavy atom. The van der Waals surface area contributed by atoms with Crippen molar-refractivity contribution < 1.29 is 4.39 Å². The molecule has 0 unspecified atom stereocenters. The van der Waals surface area contributed by atoms with Crippen molar-refractivity contribution in [2.45, 2.75) is 33.2 Å². The molecule has 86 valence electrons. The molecule has 0 aliphatic rings. The molecule has 15 heavy (non-hydrogen) atoms. The van der Waals surface area contributed by atoms with E-state index in [2.05, 4.69) is 13.8 Å². The van der Waals surface area contributed by atoms with Crippen LogP contribution in [-0.2, 0) is 0 Å². The van der Waals surface area contributed by atoms with E-state index in [9.17, 15) is 4.39 Å². The van der Waals surface area contributed by atoms with E-state index in [4.69, 9.17) is 5.73 Å². The highest BCUT2D eigenvalue weighted by molar-refractivity contribution is 5.85. The van der Waals surface area contributed by atoms with Crippen LogP contribution in [0.2, 0.25) is 0 Å². The Bertz CT molecular complexity index is 312. The third-order valence-electron chi connectivity index (χ3n) is 2.28. The number of hydrogen-bond donors (Lipinski definition) is 1. The fraction of sp³-hybridized carbons (Fsp3) is 0.500. The molecular formula is C12H19ClFN. The number of benzene rings is 1. The zero-order chi connectivity index (χ0) is 10.7. The summed E-state index contributed by atoms with van der Waals surface area (Å²) in [5.41, 5.74) is 7.47. The van der Waals surface area contributed by atoms with E-state index >= 15 is 0 Å². The minimum atomic E-state index is -0.185. The topological polar surface area (TPSA) is 26.0 Å². The molecule has 0 aliphatic heterocycles. The second-order valence-corrected chi connectivity index (χ2v) is 4.26. The Kier molecular flexibility index (Phi) is 5.84. The van der Waals surface area contributed by atoms with Crippen molar-refractivity contribution in [2.24, 2.45) is 11.7 Å². The molecule has 0 spiro atoms. The van der Waals surface area contributed by atoms with E-state index in [-0.39, 0.29) is 24.3 Å². The highest BCUT2D eigenvalue weighted by Gasteiger charge is 2.12. The third-order valence-corrected chi connectivity index (χ3v) is 2.28. The van der Waals surface area contributed by atoms with Crippen molar-refractivity contribution in [1.82, 2.24) is 0 Å². The van der Waals surface area contributed by atoms with E-state index < -0.39 is 0 Å². The molecule has 1 aromatic rings. The maximum Gasteiger partial charge on any atom is 0.128 e. The van der Waals surface area contributed by atoms with Gasteiger partial charge < -0.3 is 5.73 Å². The predicted molar refractivity (Wildman–Crippen MR) is 64.8 cm³/mol. The highest BCUT2D eigenvalue weighted by atomic mass is 35.5. The summed E-state index contributed by atoms with van der Waals surface area (Å²) in [4.78, 5) is 0. The maximum atomic E-state index is 13.5. The Morgan fingerprint density at radius 3 is 2.40 bits per heavy atom. The van der Waals surface area contributed by atoms with Crippen molar-refractivity contribution >= 4 is 12.4 Å². The molecule has 0 amide bonds. The summed E-state index contributed by atoms with van der Waals surface area (Å²) in [7, 11) is 0. The van der Waals surface area contributed by atoms with Gasteiger partial charge in [0.05, 0.1) is 0 Å². The Morgan fingerprint density at radius 2 is 1.93 bits per heavy atom. The number of hydrogen-bond acceptors (Lipinski definition) is 1. The molecule has 1 nitrogen and oxygen atoms in total. The Hall–Kier alpha value is -0.600. The average molecular weight is 232 g/mol. The molecule has 0 saturated carbocycles. The molecule has 0 radical (unpaired) electrons. The van der Waals surface area contributed by atoms with Crippen LogP contribution in [0.4, 0.5) is 4.39 Å². The van der Waals surface area contributed by atoms with Crippen molar-refractivity contribution in [3.05, 3.63) is 35.1 Å². The van der Waals surface area contributed by atoms with Crippen LogP contribution in [0.15, 0.2) is 18.2 Å². The van der Waals surface area contributed by atoms with Crippen LogP contribution < -0.4 is 5.73 Å². The predicted octanol–water partition coefficient (Wildman–Crippen LogP) is 3.60. The SMILES string of the molecule is Cc1ccc([C@@H](N)CC(C)C)c(F)c1.Cl. The number of rotatable bonds is 3. The lowest BCUT2D eigenvalue weighted by Gasteiger charge is -2.15. The summed E-state index contributed by atoms with van der Waals surface area (Å²) in [6.07, 6.45) is 0.819. The fourth-order valence-electron chi connectivity index (χ4n) is 1.57. The summed E-state index contributed by atoms with van der Waals surface area (Å²) < 4.78 is 13.5. The van der Waals surface area contributed by atoms with Gasteiger partial charge in [-0.1, -0.05) is 26.0 Å². The van der Waals surface area contributed by atoms with Gasteiger partial charge in [-0.3, -0.25) is 0 Å². The summed E-state index contributed by atoms with van der Waals surface area (Å²) in [5, 5.41) is 0. The molecule has 1 atom stereocenters. The largest absolute Gasteiger partial charge is 0.324 e. The summed E-state index contributed by atoms with van der Waals surface area (Å²) in [6, 6.07) is 5.04. The van der Waals surface area contributed by atoms with Gasteiger partial charge in [0.25, 0.3) is 0 Å². The van der Waals surface area contributed by atoms with Gasteiger partial charge in [-0.15, -0.1) is 12.4 Å². The molecule has 0 bridgehead atoms. The standard InChI is InChI=1S/C12H18FN.ClH/c1-8(2)6-12(14)10-5-4-9(3)7-11(10)13;/h4-5,7-8,12H,6,14H2,1-3H3;1H/t12-;/m0./s1. The van der Waals surface area contributed by atoms with Crippen LogP contribution in [0.5, 0.6) is 0 Å². The second-order valence-electron chi connectivity index (χ2n) is 4.26. The summed E-state index contributed by atoms with van der Waals surface area (Å²) in [5.74, 6) is 0.309. The lowest BCUT2D eigenvalue weighted by atomic mass is 9.97. The van der Waals surface area contributed by atoms with Gasteiger partial charge in [-0.2, -0.15) is 0 Å². The van der Waals surface area contributed by atoms with Gasteiger partial charge >= 0.3 is 0 Å². The van der Waals surface area contributed by atoms with Crippen LogP contribution in [0.3, 0.4) is 0 Å².